The molecule has 0 fully saturated rings. The molecule has 0 aliphatic heterocycles. The molecule has 6 nitrogen and oxygen atoms in total. The number of likely N-dealkylation sites (N-methyl/N-ethyl adjacent to an activating group) is 1. The van der Waals surface area contributed by atoms with Crippen molar-refractivity contribution in [3.63, 3.8) is 0 Å². The Morgan fingerprint density at radius 2 is 1.85 bits per heavy atom. The van der Waals surface area contributed by atoms with Gasteiger partial charge in [0.2, 0.25) is 0 Å². The number of halogens is 1. The van der Waals surface area contributed by atoms with E-state index >= 15 is 0 Å². The number of rotatable bonds is 11. The molecule has 0 saturated heterocycles. The van der Waals surface area contributed by atoms with E-state index in [4.69, 9.17) is 30.8 Å². The van der Waals surface area contributed by atoms with E-state index in [9.17, 15) is 0 Å². The number of methoxy groups -OCH3 is 2. The molecule has 0 spiro atoms. The first kappa shape index (κ1) is 23.9. The maximum Gasteiger partial charge on any atom is 0.179 e. The van der Waals surface area contributed by atoms with Crippen molar-refractivity contribution in [1.82, 2.24) is 14.9 Å². The molecule has 0 amide bonds. The van der Waals surface area contributed by atoms with Crippen molar-refractivity contribution < 1.29 is 14.2 Å². The number of nitrogens with zero attached hydrogens (tertiary/aromatic N) is 2. The zero-order chi connectivity index (χ0) is 23.9. The van der Waals surface area contributed by atoms with Crippen LogP contribution in [0.3, 0.4) is 0 Å². The van der Waals surface area contributed by atoms with Gasteiger partial charge in [-0.1, -0.05) is 48.9 Å². The fourth-order valence-corrected chi connectivity index (χ4v) is 4.31. The molecule has 3 aromatic carbocycles. The Bertz CT molecular complexity index is 1260. The number of hydrogen-bond acceptors (Lipinski definition) is 5. The highest BCUT2D eigenvalue weighted by Gasteiger charge is 2.17. The minimum Gasteiger partial charge on any atom is -0.493 e. The highest BCUT2D eigenvalue weighted by Crippen LogP contribution is 2.38. The van der Waals surface area contributed by atoms with Crippen LogP contribution in [-0.4, -0.2) is 43.5 Å². The van der Waals surface area contributed by atoms with Crippen molar-refractivity contribution >= 4 is 22.6 Å². The van der Waals surface area contributed by atoms with E-state index in [0.29, 0.717) is 36.1 Å². The van der Waals surface area contributed by atoms with Crippen LogP contribution in [0.4, 0.5) is 0 Å². The van der Waals surface area contributed by atoms with Gasteiger partial charge in [-0.2, -0.15) is 0 Å². The second-order valence-electron chi connectivity index (χ2n) is 7.90. The molecule has 1 N–H and O–H groups in total. The highest BCUT2D eigenvalue weighted by molar-refractivity contribution is 6.33. The van der Waals surface area contributed by atoms with Gasteiger partial charge in [0.25, 0.3) is 0 Å². The summed E-state index contributed by atoms with van der Waals surface area (Å²) in [6.45, 7) is 5.15. The molecule has 178 valence electrons. The number of fused-ring (bicyclic) bond motifs is 1. The number of hydrogen-bond donors (Lipinski definition) is 1. The second-order valence-corrected chi connectivity index (χ2v) is 8.28. The van der Waals surface area contributed by atoms with Gasteiger partial charge in [-0.15, -0.1) is 0 Å². The predicted molar refractivity (Wildman–Crippen MR) is 137 cm³/mol. The number of imidazole rings is 1. The predicted octanol–water partition coefficient (Wildman–Crippen LogP) is 5.33. The summed E-state index contributed by atoms with van der Waals surface area (Å²) >= 11 is 6.68. The number of aromatic nitrogens is 2. The Kier molecular flexibility index (Phi) is 7.93. The Balaban J connectivity index is 1.65. The van der Waals surface area contributed by atoms with E-state index in [1.807, 2.05) is 42.5 Å². The van der Waals surface area contributed by atoms with Crippen LogP contribution in [0, 0.1) is 0 Å². The topological polar surface area (TPSA) is 57.5 Å². The van der Waals surface area contributed by atoms with Gasteiger partial charge in [0.1, 0.15) is 18.2 Å². The van der Waals surface area contributed by atoms with E-state index in [1.165, 1.54) is 0 Å². The van der Waals surface area contributed by atoms with Crippen LogP contribution < -0.4 is 19.5 Å². The summed E-state index contributed by atoms with van der Waals surface area (Å²) in [4.78, 5) is 4.93. The largest absolute Gasteiger partial charge is 0.493 e. The van der Waals surface area contributed by atoms with E-state index in [2.05, 4.69) is 35.0 Å². The Hall–Kier alpha value is -3.22. The van der Waals surface area contributed by atoms with Crippen LogP contribution in [-0.2, 0) is 13.0 Å². The number of nitrogens with one attached hydrogen (secondary N) is 1. The van der Waals surface area contributed by atoms with Crippen LogP contribution in [0.15, 0.2) is 60.7 Å². The first-order valence-electron chi connectivity index (χ1n) is 11.4. The summed E-state index contributed by atoms with van der Waals surface area (Å²) in [6.07, 6.45) is 0.562. The van der Waals surface area contributed by atoms with Crippen LogP contribution in [0.25, 0.3) is 11.0 Å². The van der Waals surface area contributed by atoms with Crippen LogP contribution in [0.2, 0.25) is 5.02 Å². The fourth-order valence-electron chi connectivity index (χ4n) is 4.01. The zero-order valence-corrected chi connectivity index (χ0v) is 20.6. The maximum atomic E-state index is 6.68. The lowest BCUT2D eigenvalue weighted by molar-refractivity contribution is 0.315. The molecular weight excluding hydrogens is 450 g/mol. The molecule has 7 heteroatoms. The Morgan fingerprint density at radius 3 is 2.65 bits per heavy atom. The second kappa shape index (κ2) is 11.3. The van der Waals surface area contributed by atoms with Crippen molar-refractivity contribution in [1.29, 1.82) is 0 Å². The Labute approximate surface area is 205 Å². The third-order valence-corrected chi connectivity index (χ3v) is 6.10. The molecule has 4 rings (SSSR count). The summed E-state index contributed by atoms with van der Waals surface area (Å²) in [5.41, 5.74) is 4.10. The van der Waals surface area contributed by atoms with Gasteiger partial charge in [0.15, 0.2) is 11.5 Å². The SMILES string of the molecule is CCNCCOc1cccc(Cn2c(Cc3ccc(OC)c(OC)c3Cl)nc3ccccc32)c1. The van der Waals surface area contributed by atoms with E-state index in [1.54, 1.807) is 14.2 Å². The first-order valence-corrected chi connectivity index (χ1v) is 11.8. The van der Waals surface area contributed by atoms with E-state index < -0.39 is 0 Å². The zero-order valence-electron chi connectivity index (χ0n) is 19.8. The minimum atomic E-state index is 0.534. The standard InChI is InChI=1S/C27H30ClN3O3/c1-4-29-14-15-34-21-9-7-8-19(16-21)18-31-23-11-6-5-10-22(23)30-25(31)17-20-12-13-24(32-2)27(33-3)26(20)28/h5-13,16,29H,4,14-15,17-18H2,1-3H3. The van der Waals surface area contributed by atoms with Gasteiger partial charge < -0.3 is 24.1 Å². The summed E-state index contributed by atoms with van der Waals surface area (Å²) in [6, 6.07) is 20.2. The quantitative estimate of drug-likeness (QED) is 0.294. The average Bonchev–Trinajstić information content (AvgIpc) is 3.20. The van der Waals surface area contributed by atoms with Gasteiger partial charge in [-0.05, 0) is 48.0 Å². The summed E-state index contributed by atoms with van der Waals surface area (Å²) in [5, 5.41) is 3.81. The van der Waals surface area contributed by atoms with Crippen molar-refractivity contribution in [3.05, 3.63) is 82.6 Å². The maximum absolute atomic E-state index is 6.68. The molecule has 4 aromatic rings. The summed E-state index contributed by atoms with van der Waals surface area (Å²) in [5.74, 6) is 2.93. The molecule has 1 heterocycles. The molecule has 0 atom stereocenters. The van der Waals surface area contributed by atoms with E-state index in [0.717, 1.165) is 46.8 Å². The summed E-state index contributed by atoms with van der Waals surface area (Å²) in [7, 11) is 3.20. The molecule has 0 aliphatic rings. The third-order valence-electron chi connectivity index (χ3n) is 5.68. The van der Waals surface area contributed by atoms with Crippen molar-refractivity contribution in [3.8, 4) is 17.2 Å². The van der Waals surface area contributed by atoms with Crippen LogP contribution in [0.5, 0.6) is 17.2 Å². The van der Waals surface area contributed by atoms with Gasteiger partial charge in [-0.25, -0.2) is 4.98 Å². The molecule has 0 saturated carbocycles. The number of para-hydroxylation sites is 2. The van der Waals surface area contributed by atoms with Crippen LogP contribution in [0.1, 0.15) is 23.9 Å². The molecule has 0 radical (unpaired) electrons. The smallest absolute Gasteiger partial charge is 0.179 e. The Morgan fingerprint density at radius 1 is 1.00 bits per heavy atom. The fraction of sp³-hybridized carbons (Fsp3) is 0.296. The van der Waals surface area contributed by atoms with Gasteiger partial charge >= 0.3 is 0 Å². The van der Waals surface area contributed by atoms with E-state index in [-0.39, 0.29) is 0 Å². The van der Waals surface area contributed by atoms with Crippen LogP contribution >= 0.6 is 11.6 Å². The molecule has 0 unspecified atom stereocenters. The van der Waals surface area contributed by atoms with Gasteiger partial charge in [-0.3, -0.25) is 0 Å². The summed E-state index contributed by atoms with van der Waals surface area (Å²) < 4.78 is 19.0. The molecule has 0 bridgehead atoms. The normalized spacial score (nSPS) is 11.1. The van der Waals surface area contributed by atoms with Gasteiger partial charge in [0, 0.05) is 19.5 Å². The third kappa shape index (κ3) is 5.29. The van der Waals surface area contributed by atoms with Crippen molar-refractivity contribution in [2.75, 3.05) is 33.9 Å². The lowest BCUT2D eigenvalue weighted by Crippen LogP contribution is -2.20. The first-order chi connectivity index (χ1) is 16.6. The van der Waals surface area contributed by atoms with Gasteiger partial charge in [0.05, 0.1) is 30.3 Å². The lowest BCUT2D eigenvalue weighted by Gasteiger charge is -2.14. The number of benzene rings is 3. The highest BCUT2D eigenvalue weighted by atomic mass is 35.5. The minimum absolute atomic E-state index is 0.534. The molecule has 0 aliphatic carbocycles. The number of ether oxygens (including phenoxy) is 3. The molecular formula is C27H30ClN3O3. The monoisotopic (exact) mass is 479 g/mol. The molecule has 34 heavy (non-hydrogen) atoms. The average molecular weight is 480 g/mol. The molecule has 1 aromatic heterocycles. The van der Waals surface area contributed by atoms with Crippen molar-refractivity contribution in [2.45, 2.75) is 19.9 Å². The lowest BCUT2D eigenvalue weighted by atomic mass is 10.1. The van der Waals surface area contributed by atoms with Crippen molar-refractivity contribution in [2.24, 2.45) is 0 Å².